The lowest BCUT2D eigenvalue weighted by Crippen LogP contribution is -2.43. The van der Waals surface area contributed by atoms with Crippen molar-refractivity contribution in [2.24, 2.45) is 0 Å². The summed E-state index contributed by atoms with van der Waals surface area (Å²) >= 11 is 2.04. The Labute approximate surface area is 120 Å². The first-order valence-corrected chi connectivity index (χ1v) is 8.03. The van der Waals surface area contributed by atoms with Crippen LogP contribution in [0.25, 0.3) is 0 Å². The van der Waals surface area contributed by atoms with E-state index in [0.717, 1.165) is 49.3 Å². The Morgan fingerprint density at radius 2 is 2.16 bits per heavy atom. The molecule has 5 heteroatoms. The number of aromatic nitrogens is 2. The molecule has 0 atom stereocenters. The fraction of sp³-hybridized carbons (Fsp3) is 0.714. The fourth-order valence-corrected chi connectivity index (χ4v) is 3.40. The van der Waals surface area contributed by atoms with Crippen molar-refractivity contribution in [1.82, 2.24) is 9.97 Å². The van der Waals surface area contributed by atoms with Crippen molar-refractivity contribution >= 4 is 23.4 Å². The Morgan fingerprint density at radius 1 is 1.37 bits per heavy atom. The van der Waals surface area contributed by atoms with Gasteiger partial charge in [0, 0.05) is 42.6 Å². The van der Waals surface area contributed by atoms with Crippen LogP contribution in [0.15, 0.2) is 6.07 Å². The highest BCUT2D eigenvalue weighted by Gasteiger charge is 2.28. The molecule has 0 bridgehead atoms. The summed E-state index contributed by atoms with van der Waals surface area (Å²) in [6.07, 6.45) is 0.873. The lowest BCUT2D eigenvalue weighted by atomic mass is 10.2. The fourth-order valence-electron chi connectivity index (χ4n) is 2.29. The maximum absolute atomic E-state index is 4.69. The molecule has 0 aliphatic carbocycles. The number of anilines is 2. The second-order valence-corrected chi connectivity index (χ2v) is 7.24. The summed E-state index contributed by atoms with van der Waals surface area (Å²) in [7, 11) is 0. The van der Waals surface area contributed by atoms with Gasteiger partial charge in [0.2, 0.25) is 0 Å². The van der Waals surface area contributed by atoms with Gasteiger partial charge in [-0.1, -0.05) is 6.92 Å². The van der Waals surface area contributed by atoms with Crippen LogP contribution in [0.4, 0.5) is 11.6 Å². The van der Waals surface area contributed by atoms with Crippen LogP contribution < -0.4 is 10.2 Å². The molecule has 0 unspecified atom stereocenters. The van der Waals surface area contributed by atoms with E-state index in [1.807, 2.05) is 11.8 Å². The SMILES string of the molecule is CCNc1cc(N2CCSC(C)(C)C2)nc(CC)n1. The molecule has 2 heterocycles. The smallest absolute Gasteiger partial charge is 0.134 e. The molecule has 0 saturated carbocycles. The standard InChI is InChI=1S/C14H24N4S/c1-5-11-16-12(15-6-2)9-13(17-11)18-7-8-19-14(3,4)10-18/h9H,5-8,10H2,1-4H3,(H,15,16,17). The van der Waals surface area contributed by atoms with Gasteiger partial charge in [-0.2, -0.15) is 11.8 Å². The summed E-state index contributed by atoms with van der Waals surface area (Å²) in [4.78, 5) is 11.6. The Bertz CT molecular complexity index is 433. The lowest BCUT2D eigenvalue weighted by molar-refractivity contribution is 0.640. The van der Waals surface area contributed by atoms with Crippen LogP contribution in [-0.4, -0.2) is 40.1 Å². The molecule has 1 aromatic rings. The average molecular weight is 280 g/mol. The molecule has 1 N–H and O–H groups in total. The van der Waals surface area contributed by atoms with E-state index < -0.39 is 0 Å². The van der Waals surface area contributed by atoms with Gasteiger partial charge in [0.05, 0.1) is 0 Å². The number of rotatable bonds is 4. The van der Waals surface area contributed by atoms with Crippen LogP contribution in [0, 0.1) is 0 Å². The van der Waals surface area contributed by atoms with Gasteiger partial charge in [-0.3, -0.25) is 0 Å². The summed E-state index contributed by atoms with van der Waals surface area (Å²) in [5.41, 5.74) is 0. The Kier molecular flexibility index (Phi) is 4.55. The van der Waals surface area contributed by atoms with Crippen LogP contribution in [-0.2, 0) is 6.42 Å². The third-order valence-electron chi connectivity index (χ3n) is 3.18. The zero-order valence-corrected chi connectivity index (χ0v) is 13.2. The van der Waals surface area contributed by atoms with Crippen molar-refractivity contribution in [3.05, 3.63) is 11.9 Å². The highest BCUT2D eigenvalue weighted by atomic mass is 32.2. The third-order valence-corrected chi connectivity index (χ3v) is 4.48. The van der Waals surface area contributed by atoms with E-state index in [1.54, 1.807) is 0 Å². The van der Waals surface area contributed by atoms with E-state index >= 15 is 0 Å². The summed E-state index contributed by atoms with van der Waals surface area (Å²) in [6, 6.07) is 2.08. The monoisotopic (exact) mass is 280 g/mol. The Hall–Kier alpha value is -0.970. The molecule has 1 fully saturated rings. The molecular formula is C14H24N4S. The first kappa shape index (κ1) is 14.4. The minimum Gasteiger partial charge on any atom is -0.370 e. The van der Waals surface area contributed by atoms with Gasteiger partial charge >= 0.3 is 0 Å². The predicted molar refractivity (Wildman–Crippen MR) is 84.3 cm³/mol. The summed E-state index contributed by atoms with van der Waals surface area (Å²) < 4.78 is 0.300. The quantitative estimate of drug-likeness (QED) is 0.918. The Balaban J connectivity index is 2.25. The Morgan fingerprint density at radius 3 is 2.79 bits per heavy atom. The first-order chi connectivity index (χ1) is 9.04. The molecule has 0 amide bonds. The predicted octanol–water partition coefficient (Wildman–Crippen LogP) is 2.80. The maximum Gasteiger partial charge on any atom is 0.134 e. The van der Waals surface area contributed by atoms with Crippen LogP contribution in [0.1, 0.15) is 33.5 Å². The molecule has 1 aromatic heterocycles. The van der Waals surface area contributed by atoms with Crippen molar-refractivity contribution < 1.29 is 0 Å². The molecule has 19 heavy (non-hydrogen) atoms. The van der Waals surface area contributed by atoms with Crippen molar-refractivity contribution in [2.75, 3.05) is 35.6 Å². The molecule has 4 nitrogen and oxygen atoms in total. The topological polar surface area (TPSA) is 41.0 Å². The lowest BCUT2D eigenvalue weighted by Gasteiger charge is -2.38. The number of thioether (sulfide) groups is 1. The van der Waals surface area contributed by atoms with Gasteiger partial charge in [-0.25, -0.2) is 9.97 Å². The second kappa shape index (κ2) is 5.99. The molecule has 0 spiro atoms. The maximum atomic E-state index is 4.69. The average Bonchev–Trinajstić information content (AvgIpc) is 2.37. The molecule has 1 saturated heterocycles. The van der Waals surface area contributed by atoms with E-state index in [0.29, 0.717) is 4.75 Å². The normalized spacial score (nSPS) is 18.4. The van der Waals surface area contributed by atoms with Crippen molar-refractivity contribution in [2.45, 2.75) is 38.9 Å². The minimum atomic E-state index is 0.300. The number of aryl methyl sites for hydroxylation is 1. The molecule has 0 aromatic carbocycles. The first-order valence-electron chi connectivity index (χ1n) is 7.05. The third kappa shape index (κ3) is 3.75. The largest absolute Gasteiger partial charge is 0.370 e. The van der Waals surface area contributed by atoms with E-state index in [2.05, 4.69) is 53.9 Å². The minimum absolute atomic E-state index is 0.300. The van der Waals surface area contributed by atoms with E-state index in [9.17, 15) is 0 Å². The van der Waals surface area contributed by atoms with Crippen molar-refractivity contribution in [3.8, 4) is 0 Å². The molecule has 1 aliphatic heterocycles. The van der Waals surface area contributed by atoms with Crippen LogP contribution in [0.3, 0.4) is 0 Å². The van der Waals surface area contributed by atoms with Crippen molar-refractivity contribution in [1.29, 1.82) is 0 Å². The summed E-state index contributed by atoms with van der Waals surface area (Å²) in [5, 5.41) is 3.30. The molecule has 106 valence electrons. The highest BCUT2D eigenvalue weighted by Crippen LogP contribution is 2.32. The summed E-state index contributed by atoms with van der Waals surface area (Å²) in [6.45, 7) is 11.8. The van der Waals surface area contributed by atoms with Crippen LogP contribution in [0.2, 0.25) is 0 Å². The zero-order chi connectivity index (χ0) is 13.9. The van der Waals surface area contributed by atoms with Crippen LogP contribution >= 0.6 is 11.8 Å². The number of hydrogen-bond acceptors (Lipinski definition) is 5. The second-order valence-electron chi connectivity index (χ2n) is 5.44. The summed E-state index contributed by atoms with van der Waals surface area (Å²) in [5.74, 6) is 4.09. The molecule has 1 aliphatic rings. The van der Waals surface area contributed by atoms with E-state index in [-0.39, 0.29) is 0 Å². The number of nitrogens with zero attached hydrogens (tertiary/aromatic N) is 3. The molecule has 0 radical (unpaired) electrons. The number of hydrogen-bond donors (Lipinski definition) is 1. The van der Waals surface area contributed by atoms with Crippen LogP contribution in [0.5, 0.6) is 0 Å². The van der Waals surface area contributed by atoms with Gasteiger partial charge in [-0.05, 0) is 20.8 Å². The van der Waals surface area contributed by atoms with Gasteiger partial charge < -0.3 is 10.2 Å². The highest BCUT2D eigenvalue weighted by molar-refractivity contribution is 8.00. The zero-order valence-electron chi connectivity index (χ0n) is 12.4. The molecular weight excluding hydrogens is 256 g/mol. The van der Waals surface area contributed by atoms with Crippen molar-refractivity contribution in [3.63, 3.8) is 0 Å². The van der Waals surface area contributed by atoms with Gasteiger partial charge in [0.1, 0.15) is 17.5 Å². The van der Waals surface area contributed by atoms with Gasteiger partial charge in [0.15, 0.2) is 0 Å². The molecule has 2 rings (SSSR count). The van der Waals surface area contributed by atoms with E-state index in [1.165, 1.54) is 0 Å². The van der Waals surface area contributed by atoms with Gasteiger partial charge in [0.25, 0.3) is 0 Å². The van der Waals surface area contributed by atoms with Gasteiger partial charge in [-0.15, -0.1) is 0 Å². The van der Waals surface area contributed by atoms with E-state index in [4.69, 9.17) is 0 Å². The number of nitrogens with one attached hydrogen (secondary N) is 1.